The second-order valence-corrected chi connectivity index (χ2v) is 4.92. The van der Waals surface area contributed by atoms with E-state index in [2.05, 4.69) is 10.4 Å². The van der Waals surface area contributed by atoms with Crippen LogP contribution in [0.2, 0.25) is 0 Å². The van der Waals surface area contributed by atoms with Gasteiger partial charge < -0.3 is 11.1 Å². The van der Waals surface area contributed by atoms with Gasteiger partial charge in [-0.3, -0.25) is 9.48 Å². The zero-order valence-electron chi connectivity index (χ0n) is 12.0. The second-order valence-electron chi connectivity index (χ2n) is 4.92. The number of nitrogens with zero attached hydrogens (tertiary/aromatic N) is 2. The Morgan fingerprint density at radius 1 is 1.39 bits per heavy atom. The Kier molecular flexibility index (Phi) is 4.51. The van der Waals surface area contributed by atoms with Gasteiger partial charge in [-0.1, -0.05) is 13.8 Å². The van der Waals surface area contributed by atoms with E-state index >= 15 is 0 Å². The van der Waals surface area contributed by atoms with Gasteiger partial charge in [0.25, 0.3) is 5.91 Å². The quantitative estimate of drug-likeness (QED) is 0.829. The van der Waals surface area contributed by atoms with Crippen LogP contribution in [0.25, 0.3) is 0 Å². The van der Waals surface area contributed by atoms with Crippen molar-refractivity contribution in [3.05, 3.63) is 17.0 Å². The van der Waals surface area contributed by atoms with E-state index in [-0.39, 0.29) is 11.4 Å². The van der Waals surface area contributed by atoms with Crippen LogP contribution in [0.1, 0.15) is 48.4 Å². The molecule has 5 nitrogen and oxygen atoms in total. The Morgan fingerprint density at radius 3 is 2.33 bits per heavy atom. The summed E-state index contributed by atoms with van der Waals surface area (Å²) in [5.74, 6) is -0.0881. The first-order chi connectivity index (χ1) is 8.34. The van der Waals surface area contributed by atoms with Crippen LogP contribution in [-0.2, 0) is 7.05 Å². The Hall–Kier alpha value is -1.36. The van der Waals surface area contributed by atoms with Crippen LogP contribution in [-0.4, -0.2) is 27.8 Å². The van der Waals surface area contributed by atoms with Crippen molar-refractivity contribution < 1.29 is 4.79 Å². The summed E-state index contributed by atoms with van der Waals surface area (Å²) in [6.07, 6.45) is 1.68. The summed E-state index contributed by atoms with van der Waals surface area (Å²) < 4.78 is 1.72. The molecule has 0 aliphatic carbocycles. The Balaban J connectivity index is 2.78. The van der Waals surface area contributed by atoms with Gasteiger partial charge in [-0.25, -0.2) is 0 Å². The molecular formula is C13H24N4O. The fourth-order valence-electron chi connectivity index (χ4n) is 1.95. The first-order valence-corrected chi connectivity index (χ1v) is 6.42. The number of rotatable bonds is 5. The zero-order valence-corrected chi connectivity index (χ0v) is 12.0. The number of carbonyl (C=O) groups is 1. The highest BCUT2D eigenvalue weighted by atomic mass is 16.1. The second kappa shape index (κ2) is 5.52. The standard InChI is InChI=1S/C13H24N4O/c1-6-13(14,7-2)8-15-12(18)11-9(3)16-17(5)10(11)4/h6-8,14H2,1-5H3,(H,15,18). The molecule has 0 unspecified atom stereocenters. The van der Waals surface area contributed by atoms with Crippen LogP contribution in [0, 0.1) is 13.8 Å². The third kappa shape index (κ3) is 2.90. The van der Waals surface area contributed by atoms with Crippen LogP contribution in [0.15, 0.2) is 0 Å². The fraction of sp³-hybridized carbons (Fsp3) is 0.692. The highest BCUT2D eigenvalue weighted by Gasteiger charge is 2.23. The van der Waals surface area contributed by atoms with Gasteiger partial charge in [-0.2, -0.15) is 5.10 Å². The molecule has 0 fully saturated rings. The lowest BCUT2D eigenvalue weighted by Crippen LogP contribution is -2.49. The van der Waals surface area contributed by atoms with E-state index in [1.807, 2.05) is 34.7 Å². The summed E-state index contributed by atoms with van der Waals surface area (Å²) in [7, 11) is 1.84. The maximum atomic E-state index is 12.2. The number of nitrogens with one attached hydrogen (secondary N) is 1. The van der Waals surface area contributed by atoms with Gasteiger partial charge in [-0.15, -0.1) is 0 Å². The molecule has 0 atom stereocenters. The molecule has 18 heavy (non-hydrogen) atoms. The molecule has 0 bridgehead atoms. The van der Waals surface area contributed by atoms with Crippen LogP contribution >= 0.6 is 0 Å². The van der Waals surface area contributed by atoms with Crippen molar-refractivity contribution in [3.8, 4) is 0 Å². The van der Waals surface area contributed by atoms with E-state index in [9.17, 15) is 4.79 Å². The van der Waals surface area contributed by atoms with Crippen molar-refractivity contribution in [2.45, 2.75) is 46.1 Å². The van der Waals surface area contributed by atoms with E-state index in [0.29, 0.717) is 12.1 Å². The minimum Gasteiger partial charge on any atom is -0.350 e. The Morgan fingerprint density at radius 2 is 1.94 bits per heavy atom. The monoisotopic (exact) mass is 252 g/mol. The van der Waals surface area contributed by atoms with Crippen molar-refractivity contribution in [1.29, 1.82) is 0 Å². The van der Waals surface area contributed by atoms with Crippen molar-refractivity contribution in [2.75, 3.05) is 6.54 Å². The normalized spacial score (nSPS) is 11.7. The number of nitrogens with two attached hydrogens (primary N) is 1. The Labute approximate surface area is 109 Å². The molecule has 0 aliphatic heterocycles. The van der Waals surface area contributed by atoms with Crippen LogP contribution < -0.4 is 11.1 Å². The summed E-state index contributed by atoms with van der Waals surface area (Å²) in [6, 6.07) is 0. The van der Waals surface area contributed by atoms with Gasteiger partial charge in [0.05, 0.1) is 11.3 Å². The molecule has 0 aromatic carbocycles. The van der Waals surface area contributed by atoms with Crippen molar-refractivity contribution in [2.24, 2.45) is 12.8 Å². The number of carbonyl (C=O) groups excluding carboxylic acids is 1. The first-order valence-electron chi connectivity index (χ1n) is 6.42. The largest absolute Gasteiger partial charge is 0.350 e. The van der Waals surface area contributed by atoms with Gasteiger partial charge in [0.15, 0.2) is 0 Å². The SMILES string of the molecule is CCC(N)(CC)CNC(=O)c1c(C)nn(C)c1C. The van der Waals surface area contributed by atoms with Crippen molar-refractivity contribution >= 4 is 5.91 Å². The summed E-state index contributed by atoms with van der Waals surface area (Å²) in [5, 5.41) is 7.16. The average Bonchev–Trinajstić information content (AvgIpc) is 2.60. The van der Waals surface area contributed by atoms with Gasteiger partial charge >= 0.3 is 0 Å². The molecule has 102 valence electrons. The maximum absolute atomic E-state index is 12.2. The Bertz CT molecular complexity index is 432. The van der Waals surface area contributed by atoms with Crippen molar-refractivity contribution in [1.82, 2.24) is 15.1 Å². The van der Waals surface area contributed by atoms with Crippen LogP contribution in [0.3, 0.4) is 0 Å². The topological polar surface area (TPSA) is 72.9 Å². The minimum atomic E-state index is -0.320. The number of amides is 1. The summed E-state index contributed by atoms with van der Waals surface area (Å²) in [6.45, 7) is 8.31. The molecular weight excluding hydrogens is 228 g/mol. The lowest BCUT2D eigenvalue weighted by atomic mass is 9.94. The highest BCUT2D eigenvalue weighted by molar-refractivity contribution is 5.96. The van der Waals surface area contributed by atoms with E-state index in [1.54, 1.807) is 4.68 Å². The maximum Gasteiger partial charge on any atom is 0.255 e. The van der Waals surface area contributed by atoms with E-state index < -0.39 is 0 Å². The van der Waals surface area contributed by atoms with Gasteiger partial charge in [0, 0.05) is 24.8 Å². The third-order valence-electron chi connectivity index (χ3n) is 3.75. The van der Waals surface area contributed by atoms with E-state index in [4.69, 9.17) is 5.73 Å². The number of aromatic nitrogens is 2. The molecule has 0 saturated heterocycles. The van der Waals surface area contributed by atoms with Gasteiger partial charge in [0.1, 0.15) is 0 Å². The summed E-state index contributed by atoms with van der Waals surface area (Å²) >= 11 is 0. The zero-order chi connectivity index (χ0) is 13.9. The molecule has 0 saturated carbocycles. The highest BCUT2D eigenvalue weighted by Crippen LogP contribution is 2.13. The molecule has 1 aromatic rings. The molecule has 1 rings (SSSR count). The van der Waals surface area contributed by atoms with Crippen LogP contribution in [0.4, 0.5) is 0 Å². The predicted octanol–water partition coefficient (Wildman–Crippen LogP) is 1.28. The fourth-order valence-corrected chi connectivity index (χ4v) is 1.95. The summed E-state index contributed by atoms with van der Waals surface area (Å²) in [5.41, 5.74) is 8.14. The summed E-state index contributed by atoms with van der Waals surface area (Å²) in [4.78, 5) is 12.2. The molecule has 0 aliphatic rings. The van der Waals surface area contributed by atoms with Gasteiger partial charge in [0.2, 0.25) is 0 Å². The number of hydrogen-bond acceptors (Lipinski definition) is 3. The molecule has 0 radical (unpaired) electrons. The molecule has 1 aromatic heterocycles. The van der Waals surface area contributed by atoms with Crippen molar-refractivity contribution in [3.63, 3.8) is 0 Å². The smallest absolute Gasteiger partial charge is 0.255 e. The number of aryl methyl sites for hydroxylation is 2. The molecule has 0 spiro atoms. The van der Waals surface area contributed by atoms with E-state index in [1.165, 1.54) is 0 Å². The molecule has 1 heterocycles. The van der Waals surface area contributed by atoms with E-state index in [0.717, 1.165) is 24.2 Å². The molecule has 1 amide bonds. The molecule has 3 N–H and O–H groups in total. The van der Waals surface area contributed by atoms with Gasteiger partial charge in [-0.05, 0) is 26.7 Å². The predicted molar refractivity (Wildman–Crippen MR) is 72.5 cm³/mol. The lowest BCUT2D eigenvalue weighted by molar-refractivity contribution is 0.0941. The molecule has 5 heteroatoms. The third-order valence-corrected chi connectivity index (χ3v) is 3.75. The average molecular weight is 252 g/mol. The lowest BCUT2D eigenvalue weighted by Gasteiger charge is -2.26. The first kappa shape index (κ1) is 14.7. The minimum absolute atomic E-state index is 0.0881. The number of hydrogen-bond donors (Lipinski definition) is 2. The van der Waals surface area contributed by atoms with Crippen LogP contribution in [0.5, 0.6) is 0 Å².